The lowest BCUT2D eigenvalue weighted by Crippen LogP contribution is -1.86. The van der Waals surface area contributed by atoms with Gasteiger partial charge in [-0.3, -0.25) is 0 Å². The molecule has 0 heteroatoms. The smallest absolute Gasteiger partial charge is 0.0251 e. The summed E-state index contributed by atoms with van der Waals surface area (Å²) in [7, 11) is 0. The van der Waals surface area contributed by atoms with Gasteiger partial charge in [-0.25, -0.2) is 0 Å². The summed E-state index contributed by atoms with van der Waals surface area (Å²) in [5.74, 6) is 6.84. The van der Waals surface area contributed by atoms with Crippen molar-refractivity contribution in [2.45, 2.75) is 13.3 Å². The maximum Gasteiger partial charge on any atom is 0.0251 e. The Hall–Kier alpha value is -2.00. The first-order valence-corrected chi connectivity index (χ1v) is 5.91. The minimum Gasteiger partial charge on any atom is -0.103 e. The van der Waals surface area contributed by atoms with E-state index in [9.17, 15) is 0 Å². The fraction of sp³-hybridized carbons (Fsp3) is 0.176. The molecular formula is C17H16. The van der Waals surface area contributed by atoms with Crippen LogP contribution in [0, 0.1) is 17.8 Å². The quantitative estimate of drug-likeness (QED) is 0.519. The van der Waals surface area contributed by atoms with Crippen LogP contribution in [0.5, 0.6) is 0 Å². The predicted molar refractivity (Wildman–Crippen MR) is 74.8 cm³/mol. The molecule has 2 aromatic rings. The Morgan fingerprint density at radius 1 is 1.18 bits per heavy atom. The van der Waals surface area contributed by atoms with Gasteiger partial charge in [0.05, 0.1) is 0 Å². The molecule has 0 amide bonds. The summed E-state index contributed by atoms with van der Waals surface area (Å²) in [4.78, 5) is 0. The fourth-order valence-corrected chi connectivity index (χ4v) is 1.78. The maximum absolute atomic E-state index is 3.73. The molecular weight excluding hydrogens is 204 g/mol. The highest BCUT2D eigenvalue weighted by Crippen LogP contribution is 2.15. The maximum atomic E-state index is 3.73. The lowest BCUT2D eigenvalue weighted by molar-refractivity contribution is 0.774. The van der Waals surface area contributed by atoms with E-state index in [2.05, 4.69) is 67.8 Å². The molecule has 0 aliphatic rings. The van der Waals surface area contributed by atoms with Crippen LogP contribution in [0.25, 0.3) is 10.8 Å². The number of benzene rings is 2. The molecule has 17 heavy (non-hydrogen) atoms. The predicted octanol–water partition coefficient (Wildman–Crippen LogP) is 4.40. The van der Waals surface area contributed by atoms with Crippen molar-refractivity contribution in [3.8, 4) is 11.8 Å². The monoisotopic (exact) mass is 220 g/mol. The highest BCUT2D eigenvalue weighted by molar-refractivity contribution is 5.83. The molecule has 0 bridgehead atoms. The van der Waals surface area contributed by atoms with Crippen molar-refractivity contribution < 1.29 is 0 Å². The fourth-order valence-electron chi connectivity index (χ4n) is 1.78. The zero-order chi connectivity index (χ0) is 12.1. The van der Waals surface area contributed by atoms with E-state index in [0.29, 0.717) is 5.92 Å². The third-order valence-corrected chi connectivity index (χ3v) is 2.73. The average molecular weight is 220 g/mol. The highest BCUT2D eigenvalue weighted by atomic mass is 14.0. The number of allylic oxidation sites excluding steroid dienone is 1. The summed E-state index contributed by atoms with van der Waals surface area (Å²) in [5.41, 5.74) is 1.08. The average Bonchev–Trinajstić information content (AvgIpc) is 2.36. The highest BCUT2D eigenvalue weighted by Gasteiger charge is 1.94. The number of hydrogen-bond acceptors (Lipinski definition) is 0. The standard InChI is InChI=1S/C17H16/c1-3-6-14(2)9-10-15-11-12-16-7-4-5-8-17(16)13-15/h3-5,7-8,11-14H,1,6H2,2H3. The Labute approximate surface area is 103 Å². The summed E-state index contributed by atoms with van der Waals surface area (Å²) in [5, 5.41) is 2.51. The van der Waals surface area contributed by atoms with Crippen LogP contribution in [0.1, 0.15) is 18.9 Å². The topological polar surface area (TPSA) is 0 Å². The molecule has 0 saturated carbocycles. The molecule has 0 aliphatic carbocycles. The van der Waals surface area contributed by atoms with Gasteiger partial charge in [0.2, 0.25) is 0 Å². The van der Waals surface area contributed by atoms with E-state index < -0.39 is 0 Å². The van der Waals surface area contributed by atoms with Crippen LogP contribution in [-0.4, -0.2) is 0 Å². The van der Waals surface area contributed by atoms with Crippen molar-refractivity contribution in [3.05, 3.63) is 60.7 Å². The van der Waals surface area contributed by atoms with Crippen LogP contribution in [0.3, 0.4) is 0 Å². The third-order valence-electron chi connectivity index (χ3n) is 2.73. The SMILES string of the molecule is C=CCC(C)C#Cc1ccc2ccccc2c1. The van der Waals surface area contributed by atoms with Crippen LogP contribution < -0.4 is 0 Å². The van der Waals surface area contributed by atoms with Gasteiger partial charge in [-0.05, 0) is 29.3 Å². The molecule has 0 nitrogen and oxygen atoms in total. The summed E-state index contributed by atoms with van der Waals surface area (Å²) in [6.45, 7) is 5.85. The third kappa shape index (κ3) is 2.98. The van der Waals surface area contributed by atoms with Crippen LogP contribution in [0.2, 0.25) is 0 Å². The van der Waals surface area contributed by atoms with E-state index in [-0.39, 0.29) is 0 Å². The molecule has 2 rings (SSSR count). The lowest BCUT2D eigenvalue weighted by Gasteiger charge is -1.99. The summed E-state index contributed by atoms with van der Waals surface area (Å²) < 4.78 is 0. The van der Waals surface area contributed by atoms with Crippen molar-refractivity contribution in [2.75, 3.05) is 0 Å². The number of rotatable bonds is 2. The Bertz CT molecular complexity index is 582. The summed E-state index contributed by atoms with van der Waals surface area (Å²) in [6.07, 6.45) is 2.86. The van der Waals surface area contributed by atoms with E-state index in [0.717, 1.165) is 12.0 Å². The normalized spacial score (nSPS) is 11.6. The molecule has 0 radical (unpaired) electrons. The molecule has 2 aromatic carbocycles. The molecule has 0 fully saturated rings. The van der Waals surface area contributed by atoms with Crippen molar-refractivity contribution in [3.63, 3.8) is 0 Å². The van der Waals surface area contributed by atoms with Gasteiger partial charge in [-0.15, -0.1) is 6.58 Å². The van der Waals surface area contributed by atoms with Gasteiger partial charge in [0.15, 0.2) is 0 Å². The van der Waals surface area contributed by atoms with E-state index in [1.807, 2.05) is 6.08 Å². The van der Waals surface area contributed by atoms with Gasteiger partial charge in [0.1, 0.15) is 0 Å². The Morgan fingerprint density at radius 3 is 2.71 bits per heavy atom. The molecule has 0 aromatic heterocycles. The number of fused-ring (bicyclic) bond motifs is 1. The van der Waals surface area contributed by atoms with Crippen LogP contribution >= 0.6 is 0 Å². The first-order chi connectivity index (χ1) is 8.29. The molecule has 0 spiro atoms. The van der Waals surface area contributed by atoms with Gasteiger partial charge in [0.25, 0.3) is 0 Å². The van der Waals surface area contributed by atoms with Gasteiger partial charge >= 0.3 is 0 Å². The molecule has 84 valence electrons. The molecule has 0 aliphatic heterocycles. The summed E-state index contributed by atoms with van der Waals surface area (Å²) in [6, 6.07) is 14.7. The zero-order valence-electron chi connectivity index (χ0n) is 10.1. The van der Waals surface area contributed by atoms with Gasteiger partial charge in [0, 0.05) is 11.5 Å². The Kier molecular flexibility index (Phi) is 3.62. The lowest BCUT2D eigenvalue weighted by atomic mass is 10.1. The van der Waals surface area contributed by atoms with E-state index >= 15 is 0 Å². The van der Waals surface area contributed by atoms with Crippen LogP contribution in [-0.2, 0) is 0 Å². The van der Waals surface area contributed by atoms with Gasteiger partial charge in [-0.1, -0.05) is 55.2 Å². The second-order valence-electron chi connectivity index (χ2n) is 4.26. The Morgan fingerprint density at radius 2 is 1.94 bits per heavy atom. The van der Waals surface area contributed by atoms with E-state index in [4.69, 9.17) is 0 Å². The summed E-state index contributed by atoms with van der Waals surface area (Å²) >= 11 is 0. The molecule has 1 unspecified atom stereocenters. The minimum atomic E-state index is 0.374. The second kappa shape index (κ2) is 5.37. The number of hydrogen-bond donors (Lipinski definition) is 0. The van der Waals surface area contributed by atoms with Crippen molar-refractivity contribution >= 4 is 10.8 Å². The van der Waals surface area contributed by atoms with Crippen molar-refractivity contribution in [2.24, 2.45) is 5.92 Å². The van der Waals surface area contributed by atoms with Gasteiger partial charge < -0.3 is 0 Å². The second-order valence-corrected chi connectivity index (χ2v) is 4.26. The molecule has 0 N–H and O–H groups in total. The van der Waals surface area contributed by atoms with Crippen LogP contribution in [0.4, 0.5) is 0 Å². The molecule has 0 heterocycles. The largest absolute Gasteiger partial charge is 0.103 e. The van der Waals surface area contributed by atoms with Gasteiger partial charge in [-0.2, -0.15) is 0 Å². The van der Waals surface area contributed by atoms with Crippen LogP contribution in [0.15, 0.2) is 55.1 Å². The van der Waals surface area contributed by atoms with E-state index in [1.54, 1.807) is 0 Å². The van der Waals surface area contributed by atoms with E-state index in [1.165, 1.54) is 10.8 Å². The zero-order valence-corrected chi connectivity index (χ0v) is 10.1. The minimum absolute atomic E-state index is 0.374. The molecule has 0 saturated heterocycles. The van der Waals surface area contributed by atoms with Crippen molar-refractivity contribution in [1.29, 1.82) is 0 Å². The molecule has 1 atom stereocenters. The van der Waals surface area contributed by atoms with Crippen molar-refractivity contribution in [1.82, 2.24) is 0 Å². The first-order valence-electron chi connectivity index (χ1n) is 5.91. The Balaban J connectivity index is 2.27. The first kappa shape index (κ1) is 11.5.